The summed E-state index contributed by atoms with van der Waals surface area (Å²) in [6, 6.07) is 36.6. The molecule has 0 heterocycles. The van der Waals surface area contributed by atoms with Gasteiger partial charge in [-0.25, -0.2) is 0 Å². The van der Waals surface area contributed by atoms with Crippen LogP contribution in [0.3, 0.4) is 0 Å². The second kappa shape index (κ2) is 10.5. The third-order valence-electron chi connectivity index (χ3n) is 7.30. The summed E-state index contributed by atoms with van der Waals surface area (Å²) in [6.07, 6.45) is 6.98. The van der Waals surface area contributed by atoms with E-state index in [2.05, 4.69) is 121 Å². The second-order valence-electron chi connectivity index (χ2n) is 9.39. The van der Waals surface area contributed by atoms with Crippen LogP contribution in [0.25, 0.3) is 5.57 Å². The van der Waals surface area contributed by atoms with Gasteiger partial charge in [0, 0.05) is 25.6 Å². The van der Waals surface area contributed by atoms with Crippen molar-refractivity contribution >= 4 is 5.57 Å². The average Bonchev–Trinajstić information content (AvgIpc) is 3.45. The molecule has 6 N–H and O–H groups in total. The van der Waals surface area contributed by atoms with Crippen LogP contribution in [0.5, 0.6) is 0 Å². The predicted molar refractivity (Wildman–Crippen MR) is 150 cm³/mol. The molecule has 5 rings (SSSR count). The van der Waals surface area contributed by atoms with Gasteiger partial charge < -0.3 is 17.2 Å². The third kappa shape index (κ3) is 4.33. The molecular weight excluding hydrogens is 438 g/mol. The highest BCUT2D eigenvalue weighted by atomic mass is 14.5. The minimum Gasteiger partial charge on any atom is -0.326 e. The summed E-state index contributed by atoms with van der Waals surface area (Å²) in [6.45, 7) is 1.46. The molecule has 3 heteroatoms. The maximum atomic E-state index is 6.12. The molecule has 0 saturated carbocycles. The van der Waals surface area contributed by atoms with Crippen LogP contribution in [-0.2, 0) is 25.0 Å². The van der Waals surface area contributed by atoms with Crippen molar-refractivity contribution in [3.63, 3.8) is 0 Å². The molecule has 1 unspecified atom stereocenters. The molecule has 0 radical (unpaired) electrons. The van der Waals surface area contributed by atoms with E-state index in [-0.39, 0.29) is 5.92 Å². The lowest BCUT2D eigenvalue weighted by molar-refractivity contribution is 0.527. The number of nitrogens with two attached hydrogens (primary N) is 3. The second-order valence-corrected chi connectivity index (χ2v) is 9.39. The summed E-state index contributed by atoms with van der Waals surface area (Å²) < 4.78 is 0. The lowest BCUT2D eigenvalue weighted by atomic mass is 9.61. The smallest absolute Gasteiger partial charge is 0.0548 e. The molecule has 4 aromatic carbocycles. The monoisotopic (exact) mass is 471 g/mol. The van der Waals surface area contributed by atoms with E-state index in [1.807, 2.05) is 0 Å². The van der Waals surface area contributed by atoms with Gasteiger partial charge in [-0.1, -0.05) is 121 Å². The van der Waals surface area contributed by atoms with E-state index in [0.717, 1.165) is 16.7 Å². The first-order chi connectivity index (χ1) is 17.7. The Hall–Kier alpha value is -3.76. The van der Waals surface area contributed by atoms with Gasteiger partial charge in [0.25, 0.3) is 0 Å². The van der Waals surface area contributed by atoms with Gasteiger partial charge in [-0.05, 0) is 44.5 Å². The van der Waals surface area contributed by atoms with Gasteiger partial charge in [-0.3, -0.25) is 0 Å². The van der Waals surface area contributed by atoms with Crippen LogP contribution < -0.4 is 17.2 Å². The van der Waals surface area contributed by atoms with E-state index in [0.29, 0.717) is 19.6 Å². The Labute approximate surface area is 214 Å². The summed E-state index contributed by atoms with van der Waals surface area (Å²) in [4.78, 5) is 0. The van der Waals surface area contributed by atoms with E-state index in [9.17, 15) is 0 Å². The van der Waals surface area contributed by atoms with Crippen LogP contribution in [0.4, 0.5) is 0 Å². The third-order valence-corrected chi connectivity index (χ3v) is 7.30. The molecule has 0 amide bonds. The highest BCUT2D eigenvalue weighted by Gasteiger charge is 2.43. The molecule has 1 aliphatic rings. The SMILES string of the molecule is NCc1cccc(C(c2cccc(CN)c2)(c2cccc(CN)c2)C2C=CC(c3ccccc3)=C2)c1. The number of rotatable bonds is 8. The molecule has 0 fully saturated rings. The summed E-state index contributed by atoms with van der Waals surface area (Å²) >= 11 is 0. The lowest BCUT2D eigenvalue weighted by Crippen LogP contribution is -2.36. The van der Waals surface area contributed by atoms with Crippen molar-refractivity contribution in [2.24, 2.45) is 23.1 Å². The van der Waals surface area contributed by atoms with Crippen molar-refractivity contribution in [2.75, 3.05) is 0 Å². The molecule has 4 aromatic rings. The fourth-order valence-electron chi connectivity index (χ4n) is 5.51. The zero-order valence-corrected chi connectivity index (χ0v) is 20.5. The fourth-order valence-corrected chi connectivity index (χ4v) is 5.51. The van der Waals surface area contributed by atoms with Gasteiger partial charge in [0.15, 0.2) is 0 Å². The van der Waals surface area contributed by atoms with Crippen molar-refractivity contribution < 1.29 is 0 Å². The summed E-state index contributed by atoms with van der Waals surface area (Å²) in [5.41, 5.74) is 27.3. The molecule has 0 saturated heterocycles. The fraction of sp³-hybridized carbons (Fsp3) is 0.152. The average molecular weight is 472 g/mol. The largest absolute Gasteiger partial charge is 0.326 e. The Morgan fingerprint density at radius 3 is 1.47 bits per heavy atom. The van der Waals surface area contributed by atoms with Crippen LogP contribution in [0.2, 0.25) is 0 Å². The first-order valence-corrected chi connectivity index (χ1v) is 12.5. The lowest BCUT2D eigenvalue weighted by Gasteiger charge is -2.40. The van der Waals surface area contributed by atoms with Gasteiger partial charge in [0.05, 0.1) is 5.41 Å². The highest BCUT2D eigenvalue weighted by molar-refractivity contribution is 5.78. The number of hydrogen-bond donors (Lipinski definition) is 3. The Bertz CT molecular complexity index is 1290. The standard InChI is InChI=1S/C33H33N3/c34-21-24-7-4-12-29(17-24)33(30-13-5-8-25(18-30)22-35,31-14-6-9-26(19-31)23-36)32-16-15-28(20-32)27-10-2-1-3-11-27/h1-20,32H,21-23,34-36H2. The summed E-state index contributed by atoms with van der Waals surface area (Å²) in [5, 5.41) is 0. The van der Waals surface area contributed by atoms with Gasteiger partial charge in [-0.15, -0.1) is 0 Å². The normalized spacial score (nSPS) is 15.2. The number of hydrogen-bond acceptors (Lipinski definition) is 3. The molecule has 0 bridgehead atoms. The van der Waals surface area contributed by atoms with Crippen LogP contribution in [0.1, 0.15) is 38.9 Å². The molecule has 1 atom stereocenters. The van der Waals surface area contributed by atoms with Crippen molar-refractivity contribution in [3.8, 4) is 0 Å². The van der Waals surface area contributed by atoms with Crippen molar-refractivity contribution in [3.05, 3.63) is 160 Å². The Kier molecular flexibility index (Phi) is 6.97. The van der Waals surface area contributed by atoms with Crippen LogP contribution in [-0.4, -0.2) is 0 Å². The molecular formula is C33H33N3. The minimum absolute atomic E-state index is 0.0711. The number of allylic oxidation sites excluding steroid dienone is 4. The van der Waals surface area contributed by atoms with Gasteiger partial charge in [-0.2, -0.15) is 0 Å². The highest BCUT2D eigenvalue weighted by Crippen LogP contribution is 2.49. The Morgan fingerprint density at radius 1 is 0.556 bits per heavy atom. The Balaban J connectivity index is 1.83. The van der Waals surface area contributed by atoms with E-state index in [4.69, 9.17) is 17.2 Å². The first-order valence-electron chi connectivity index (χ1n) is 12.5. The zero-order chi connectivity index (χ0) is 25.0. The van der Waals surface area contributed by atoms with Crippen molar-refractivity contribution in [1.29, 1.82) is 0 Å². The van der Waals surface area contributed by atoms with Crippen molar-refractivity contribution in [1.82, 2.24) is 0 Å². The van der Waals surface area contributed by atoms with Crippen molar-refractivity contribution in [2.45, 2.75) is 25.0 Å². The minimum atomic E-state index is -0.491. The molecule has 1 aliphatic carbocycles. The molecule has 3 nitrogen and oxygen atoms in total. The molecule has 0 aliphatic heterocycles. The molecule has 180 valence electrons. The number of benzene rings is 4. The van der Waals surface area contributed by atoms with Gasteiger partial charge >= 0.3 is 0 Å². The molecule has 0 spiro atoms. The van der Waals surface area contributed by atoms with Gasteiger partial charge in [0.1, 0.15) is 0 Å². The van der Waals surface area contributed by atoms with E-state index in [1.165, 1.54) is 27.8 Å². The summed E-state index contributed by atoms with van der Waals surface area (Å²) in [7, 11) is 0. The van der Waals surface area contributed by atoms with Crippen LogP contribution in [0, 0.1) is 5.92 Å². The Morgan fingerprint density at radius 2 is 1.03 bits per heavy atom. The quantitative estimate of drug-likeness (QED) is 0.290. The van der Waals surface area contributed by atoms with Crippen LogP contribution in [0.15, 0.2) is 121 Å². The van der Waals surface area contributed by atoms with Gasteiger partial charge in [0.2, 0.25) is 0 Å². The zero-order valence-electron chi connectivity index (χ0n) is 20.5. The maximum absolute atomic E-state index is 6.12. The first kappa shape index (κ1) is 24.0. The molecule has 36 heavy (non-hydrogen) atoms. The van der Waals surface area contributed by atoms with E-state index in [1.54, 1.807) is 0 Å². The van der Waals surface area contributed by atoms with E-state index >= 15 is 0 Å². The maximum Gasteiger partial charge on any atom is 0.0548 e. The van der Waals surface area contributed by atoms with E-state index < -0.39 is 5.41 Å². The molecule has 0 aromatic heterocycles. The van der Waals surface area contributed by atoms with Crippen LogP contribution >= 0.6 is 0 Å². The topological polar surface area (TPSA) is 78.1 Å². The summed E-state index contributed by atoms with van der Waals surface area (Å²) in [5.74, 6) is 0.0711. The predicted octanol–water partition coefficient (Wildman–Crippen LogP) is 5.67.